The van der Waals surface area contributed by atoms with Gasteiger partial charge in [0.15, 0.2) is 0 Å². The van der Waals surface area contributed by atoms with Gasteiger partial charge in [-0.1, -0.05) is 12.2 Å². The molecule has 0 saturated carbocycles. The van der Waals surface area contributed by atoms with Crippen molar-refractivity contribution in [3.8, 4) is 0 Å². The monoisotopic (exact) mass is 340 g/mol. The molecule has 0 N–H and O–H groups in total. The number of amides is 1. The van der Waals surface area contributed by atoms with E-state index in [0.717, 1.165) is 64.1 Å². The first kappa shape index (κ1) is 16.7. The highest BCUT2D eigenvalue weighted by atomic mass is 16.2. The summed E-state index contributed by atoms with van der Waals surface area (Å²) in [5, 5.41) is 0. The molecule has 2 aliphatic heterocycles. The highest BCUT2D eigenvalue weighted by Crippen LogP contribution is 2.28. The maximum atomic E-state index is 12.6. The topological polar surface area (TPSA) is 49.3 Å². The standard InChI is InChI=1S/C20H28N4O/c1-23-10-8-18-17(13-23)12-21-20(22-18)16-7-4-9-24(14-16)19(25)11-15-5-2-3-6-15/h2,5,12,15-16H,3-4,6-11,13-14H2,1H3/t15-,16-/m1/s1. The van der Waals surface area contributed by atoms with E-state index in [1.54, 1.807) is 0 Å². The minimum absolute atomic E-state index is 0.293. The molecule has 5 heteroatoms. The predicted molar refractivity (Wildman–Crippen MR) is 97.1 cm³/mol. The van der Waals surface area contributed by atoms with Crippen molar-refractivity contribution in [3.05, 3.63) is 35.4 Å². The van der Waals surface area contributed by atoms with Crippen molar-refractivity contribution in [2.75, 3.05) is 26.7 Å². The predicted octanol–water partition coefficient (Wildman–Crippen LogP) is 2.53. The molecule has 134 valence electrons. The molecule has 1 aromatic heterocycles. The van der Waals surface area contributed by atoms with E-state index in [9.17, 15) is 4.79 Å². The molecular formula is C20H28N4O. The van der Waals surface area contributed by atoms with Crippen molar-refractivity contribution in [1.29, 1.82) is 0 Å². The largest absolute Gasteiger partial charge is 0.342 e. The number of carbonyl (C=O) groups is 1. The van der Waals surface area contributed by atoms with E-state index < -0.39 is 0 Å². The first-order chi connectivity index (χ1) is 12.2. The lowest BCUT2D eigenvalue weighted by Crippen LogP contribution is -2.40. The van der Waals surface area contributed by atoms with Gasteiger partial charge in [0, 0.05) is 62.4 Å². The smallest absolute Gasteiger partial charge is 0.223 e. The van der Waals surface area contributed by atoms with Crippen LogP contribution in [0.15, 0.2) is 18.3 Å². The van der Waals surface area contributed by atoms with Crippen LogP contribution in [-0.4, -0.2) is 52.4 Å². The van der Waals surface area contributed by atoms with Crippen molar-refractivity contribution in [3.63, 3.8) is 0 Å². The molecule has 0 unspecified atom stereocenters. The molecule has 2 atom stereocenters. The van der Waals surface area contributed by atoms with Crippen LogP contribution in [0.4, 0.5) is 0 Å². The molecule has 0 spiro atoms. The third-order valence-corrected chi connectivity index (χ3v) is 5.83. The van der Waals surface area contributed by atoms with Crippen LogP contribution < -0.4 is 0 Å². The third kappa shape index (κ3) is 3.76. The number of likely N-dealkylation sites (N-methyl/N-ethyl adjacent to an activating group) is 1. The molecule has 25 heavy (non-hydrogen) atoms. The number of nitrogens with zero attached hydrogens (tertiary/aromatic N) is 4. The van der Waals surface area contributed by atoms with Gasteiger partial charge in [0.2, 0.25) is 5.91 Å². The normalized spacial score (nSPS) is 26.7. The number of hydrogen-bond donors (Lipinski definition) is 0. The minimum atomic E-state index is 0.293. The molecular weight excluding hydrogens is 312 g/mol. The van der Waals surface area contributed by atoms with Gasteiger partial charge in [-0.2, -0.15) is 0 Å². The third-order valence-electron chi connectivity index (χ3n) is 5.83. The number of rotatable bonds is 3. The first-order valence-corrected chi connectivity index (χ1v) is 9.66. The van der Waals surface area contributed by atoms with E-state index in [1.807, 2.05) is 6.20 Å². The van der Waals surface area contributed by atoms with Gasteiger partial charge in [-0.15, -0.1) is 0 Å². The van der Waals surface area contributed by atoms with Crippen molar-refractivity contribution in [2.24, 2.45) is 5.92 Å². The van der Waals surface area contributed by atoms with Crippen LogP contribution in [0, 0.1) is 5.92 Å². The Bertz CT molecular complexity index is 672. The fourth-order valence-electron chi connectivity index (χ4n) is 4.30. The van der Waals surface area contributed by atoms with Crippen LogP contribution in [0.5, 0.6) is 0 Å². The van der Waals surface area contributed by atoms with E-state index in [2.05, 4.69) is 34.0 Å². The molecule has 5 nitrogen and oxygen atoms in total. The van der Waals surface area contributed by atoms with Crippen LogP contribution in [0.2, 0.25) is 0 Å². The molecule has 3 heterocycles. The van der Waals surface area contributed by atoms with Gasteiger partial charge in [0.25, 0.3) is 0 Å². The number of allylic oxidation sites excluding steroid dienone is 2. The van der Waals surface area contributed by atoms with E-state index in [-0.39, 0.29) is 0 Å². The summed E-state index contributed by atoms with van der Waals surface area (Å²) < 4.78 is 0. The zero-order valence-electron chi connectivity index (χ0n) is 15.2. The second kappa shape index (κ2) is 7.24. The van der Waals surface area contributed by atoms with Crippen LogP contribution >= 0.6 is 0 Å². The van der Waals surface area contributed by atoms with Crippen LogP contribution in [-0.2, 0) is 17.8 Å². The highest BCUT2D eigenvalue weighted by Gasteiger charge is 2.28. The molecule has 1 saturated heterocycles. The van der Waals surface area contributed by atoms with Gasteiger partial charge in [-0.3, -0.25) is 4.79 Å². The number of likely N-dealkylation sites (tertiary alicyclic amines) is 1. The Morgan fingerprint density at radius 3 is 3.08 bits per heavy atom. The molecule has 3 aliphatic rings. The van der Waals surface area contributed by atoms with Crippen molar-refractivity contribution in [1.82, 2.24) is 19.8 Å². The zero-order valence-corrected chi connectivity index (χ0v) is 15.2. The summed E-state index contributed by atoms with van der Waals surface area (Å²) in [5.41, 5.74) is 2.47. The van der Waals surface area contributed by atoms with Crippen LogP contribution in [0.25, 0.3) is 0 Å². The first-order valence-electron chi connectivity index (χ1n) is 9.66. The van der Waals surface area contributed by atoms with Crippen LogP contribution in [0.1, 0.15) is 55.1 Å². The molecule has 1 fully saturated rings. The lowest BCUT2D eigenvalue weighted by Gasteiger charge is -2.33. The number of aromatic nitrogens is 2. The van der Waals surface area contributed by atoms with Gasteiger partial charge in [-0.25, -0.2) is 9.97 Å². The summed E-state index contributed by atoms with van der Waals surface area (Å²) in [6, 6.07) is 0. The molecule has 0 aromatic carbocycles. The molecule has 0 radical (unpaired) electrons. The number of fused-ring (bicyclic) bond motifs is 1. The summed E-state index contributed by atoms with van der Waals surface area (Å²) in [4.78, 5) is 26.5. The van der Waals surface area contributed by atoms with E-state index in [1.165, 1.54) is 11.3 Å². The molecule has 4 rings (SSSR count). The van der Waals surface area contributed by atoms with Crippen molar-refractivity contribution >= 4 is 5.91 Å². The van der Waals surface area contributed by atoms with Crippen molar-refractivity contribution in [2.45, 2.75) is 51.0 Å². The summed E-state index contributed by atoms with van der Waals surface area (Å²) in [5.74, 6) is 1.99. The average molecular weight is 340 g/mol. The lowest BCUT2D eigenvalue weighted by atomic mass is 9.95. The Morgan fingerprint density at radius 1 is 1.32 bits per heavy atom. The van der Waals surface area contributed by atoms with E-state index >= 15 is 0 Å². The Morgan fingerprint density at radius 2 is 2.24 bits per heavy atom. The molecule has 0 bridgehead atoms. The molecule has 1 amide bonds. The summed E-state index contributed by atoms with van der Waals surface area (Å²) in [6.07, 6.45) is 12.5. The van der Waals surface area contributed by atoms with Gasteiger partial charge >= 0.3 is 0 Å². The quantitative estimate of drug-likeness (QED) is 0.794. The highest BCUT2D eigenvalue weighted by molar-refractivity contribution is 5.77. The Hall–Kier alpha value is -1.75. The lowest BCUT2D eigenvalue weighted by molar-refractivity contribution is -0.133. The molecule has 1 aliphatic carbocycles. The second-order valence-corrected chi connectivity index (χ2v) is 7.84. The Balaban J connectivity index is 1.42. The van der Waals surface area contributed by atoms with Gasteiger partial charge < -0.3 is 9.80 Å². The Labute approximate surface area is 150 Å². The minimum Gasteiger partial charge on any atom is -0.342 e. The van der Waals surface area contributed by atoms with E-state index in [4.69, 9.17) is 4.98 Å². The van der Waals surface area contributed by atoms with Gasteiger partial charge in [-0.05, 0) is 38.6 Å². The SMILES string of the molecule is CN1CCc2nc([C@@H]3CCCN(C(=O)C[C@@H]4C=CCC4)C3)ncc2C1. The summed E-state index contributed by atoms with van der Waals surface area (Å²) in [6.45, 7) is 3.68. The van der Waals surface area contributed by atoms with Gasteiger partial charge in [0.1, 0.15) is 5.82 Å². The second-order valence-electron chi connectivity index (χ2n) is 7.84. The van der Waals surface area contributed by atoms with Gasteiger partial charge in [0.05, 0.1) is 0 Å². The zero-order chi connectivity index (χ0) is 17.2. The number of carbonyl (C=O) groups excluding carboxylic acids is 1. The number of piperidine rings is 1. The fourth-order valence-corrected chi connectivity index (χ4v) is 4.30. The van der Waals surface area contributed by atoms with Crippen molar-refractivity contribution < 1.29 is 4.79 Å². The van der Waals surface area contributed by atoms with E-state index in [0.29, 0.717) is 24.2 Å². The summed E-state index contributed by atoms with van der Waals surface area (Å²) in [7, 11) is 2.14. The Kier molecular flexibility index (Phi) is 4.84. The maximum Gasteiger partial charge on any atom is 0.223 e. The fraction of sp³-hybridized carbons (Fsp3) is 0.650. The van der Waals surface area contributed by atoms with Crippen LogP contribution in [0.3, 0.4) is 0 Å². The number of hydrogen-bond acceptors (Lipinski definition) is 4. The summed E-state index contributed by atoms with van der Waals surface area (Å²) >= 11 is 0. The maximum absolute atomic E-state index is 12.6. The average Bonchev–Trinajstić information content (AvgIpc) is 3.14. The molecule has 1 aromatic rings.